The van der Waals surface area contributed by atoms with E-state index in [1.807, 2.05) is 23.1 Å². The topological polar surface area (TPSA) is 29.5 Å². The van der Waals surface area contributed by atoms with E-state index in [2.05, 4.69) is 13.8 Å². The van der Waals surface area contributed by atoms with E-state index in [0.29, 0.717) is 6.42 Å². The maximum absolute atomic E-state index is 12.1. The molecule has 17 heavy (non-hydrogen) atoms. The molecule has 0 unspecified atom stereocenters. The number of methoxy groups -OCH3 is 1. The minimum absolute atomic E-state index is 0.202. The van der Waals surface area contributed by atoms with E-state index in [1.165, 1.54) is 5.56 Å². The van der Waals surface area contributed by atoms with Crippen molar-refractivity contribution in [2.24, 2.45) is 0 Å². The van der Waals surface area contributed by atoms with Crippen molar-refractivity contribution in [3.63, 3.8) is 0 Å². The lowest BCUT2D eigenvalue weighted by molar-refractivity contribution is -0.118. The molecule has 2 rings (SSSR count). The van der Waals surface area contributed by atoms with Crippen molar-refractivity contribution in [3.05, 3.63) is 23.8 Å². The molecule has 3 heteroatoms. The van der Waals surface area contributed by atoms with E-state index in [0.717, 1.165) is 24.3 Å². The van der Waals surface area contributed by atoms with Gasteiger partial charge in [-0.1, -0.05) is 0 Å². The van der Waals surface area contributed by atoms with E-state index in [9.17, 15) is 4.79 Å². The van der Waals surface area contributed by atoms with Gasteiger partial charge in [-0.2, -0.15) is 0 Å². The Hall–Kier alpha value is -1.51. The first-order chi connectivity index (χ1) is 8.13. The second-order valence-corrected chi connectivity index (χ2v) is 4.71. The average Bonchev–Trinajstić information content (AvgIpc) is 2.46. The van der Waals surface area contributed by atoms with Gasteiger partial charge in [-0.3, -0.25) is 4.79 Å². The Labute approximate surface area is 102 Å². The van der Waals surface area contributed by atoms with Gasteiger partial charge in [-0.25, -0.2) is 0 Å². The van der Waals surface area contributed by atoms with Gasteiger partial charge in [0, 0.05) is 18.2 Å². The number of rotatable bonds is 2. The summed E-state index contributed by atoms with van der Waals surface area (Å²) in [7, 11) is 1.67. The molecule has 0 fully saturated rings. The second kappa shape index (κ2) is 4.78. The van der Waals surface area contributed by atoms with Crippen LogP contribution in [0.25, 0.3) is 0 Å². The normalized spacial score (nSPS) is 15.8. The summed E-state index contributed by atoms with van der Waals surface area (Å²) in [4.78, 5) is 14.0. The zero-order valence-electron chi connectivity index (χ0n) is 10.7. The quantitative estimate of drug-likeness (QED) is 0.786. The summed E-state index contributed by atoms with van der Waals surface area (Å²) < 4.78 is 5.24. The van der Waals surface area contributed by atoms with Crippen molar-refractivity contribution in [2.45, 2.75) is 39.2 Å². The average molecular weight is 233 g/mol. The molecule has 1 aromatic rings. The molecule has 3 nitrogen and oxygen atoms in total. The van der Waals surface area contributed by atoms with Crippen LogP contribution in [0.5, 0.6) is 5.75 Å². The van der Waals surface area contributed by atoms with E-state index in [-0.39, 0.29) is 11.9 Å². The molecule has 0 saturated heterocycles. The number of carbonyl (C=O) groups is 1. The molecule has 92 valence electrons. The number of fused-ring (bicyclic) bond motifs is 1. The van der Waals surface area contributed by atoms with Crippen molar-refractivity contribution in [1.29, 1.82) is 0 Å². The monoisotopic (exact) mass is 233 g/mol. The van der Waals surface area contributed by atoms with Crippen LogP contribution in [0.4, 0.5) is 5.69 Å². The zero-order valence-corrected chi connectivity index (χ0v) is 10.7. The smallest absolute Gasteiger partial charge is 0.227 e. The zero-order chi connectivity index (χ0) is 12.4. The predicted octanol–water partition coefficient (Wildman–Crippen LogP) is 2.77. The molecular formula is C14H19NO2. The van der Waals surface area contributed by atoms with Gasteiger partial charge in [-0.15, -0.1) is 0 Å². The van der Waals surface area contributed by atoms with Crippen molar-refractivity contribution in [2.75, 3.05) is 12.0 Å². The van der Waals surface area contributed by atoms with Crippen LogP contribution in [0, 0.1) is 0 Å². The van der Waals surface area contributed by atoms with Crippen LogP contribution >= 0.6 is 0 Å². The van der Waals surface area contributed by atoms with Crippen LogP contribution in [0.2, 0.25) is 0 Å². The van der Waals surface area contributed by atoms with Gasteiger partial charge in [0.05, 0.1) is 7.11 Å². The third kappa shape index (κ3) is 2.28. The number of amides is 1. The highest BCUT2D eigenvalue weighted by atomic mass is 16.5. The molecule has 0 atom stereocenters. The summed E-state index contributed by atoms with van der Waals surface area (Å²) in [5, 5.41) is 0. The molecule has 0 saturated carbocycles. The van der Waals surface area contributed by atoms with E-state index >= 15 is 0 Å². The van der Waals surface area contributed by atoms with Gasteiger partial charge >= 0.3 is 0 Å². The molecule has 1 amide bonds. The second-order valence-electron chi connectivity index (χ2n) is 4.71. The number of aryl methyl sites for hydroxylation is 1. The van der Waals surface area contributed by atoms with Crippen LogP contribution in [0.15, 0.2) is 18.2 Å². The number of hydrogen-bond acceptors (Lipinski definition) is 2. The van der Waals surface area contributed by atoms with Gasteiger partial charge in [0.1, 0.15) is 5.75 Å². The SMILES string of the molecule is COc1ccc2c(c1)CCCC(=O)N2C(C)C. The highest BCUT2D eigenvalue weighted by molar-refractivity contribution is 5.95. The Kier molecular flexibility index (Phi) is 3.36. The Balaban J connectivity index is 2.47. The van der Waals surface area contributed by atoms with Crippen LogP contribution < -0.4 is 9.64 Å². The van der Waals surface area contributed by atoms with Crippen LogP contribution in [0.1, 0.15) is 32.3 Å². The highest BCUT2D eigenvalue weighted by Gasteiger charge is 2.24. The molecule has 1 heterocycles. The number of ether oxygens (including phenoxy) is 1. The van der Waals surface area contributed by atoms with Crippen molar-refractivity contribution in [3.8, 4) is 5.75 Å². The molecule has 0 radical (unpaired) electrons. The van der Waals surface area contributed by atoms with Crippen molar-refractivity contribution in [1.82, 2.24) is 0 Å². The Morgan fingerprint density at radius 2 is 2.06 bits per heavy atom. The summed E-state index contributed by atoms with van der Waals surface area (Å²) in [5.41, 5.74) is 2.26. The van der Waals surface area contributed by atoms with Gasteiger partial charge in [0.2, 0.25) is 5.91 Å². The third-order valence-corrected chi connectivity index (χ3v) is 3.17. The predicted molar refractivity (Wildman–Crippen MR) is 68.6 cm³/mol. The van der Waals surface area contributed by atoms with E-state index in [1.54, 1.807) is 7.11 Å². The Morgan fingerprint density at radius 1 is 1.29 bits per heavy atom. The van der Waals surface area contributed by atoms with Crippen molar-refractivity contribution < 1.29 is 9.53 Å². The number of benzene rings is 1. The van der Waals surface area contributed by atoms with Gasteiger partial charge in [-0.05, 0) is 50.5 Å². The fourth-order valence-corrected chi connectivity index (χ4v) is 2.38. The lowest BCUT2D eigenvalue weighted by Gasteiger charge is -2.27. The summed E-state index contributed by atoms with van der Waals surface area (Å²) in [5.74, 6) is 1.09. The first-order valence-electron chi connectivity index (χ1n) is 6.12. The highest BCUT2D eigenvalue weighted by Crippen LogP contribution is 2.31. The maximum atomic E-state index is 12.1. The fourth-order valence-electron chi connectivity index (χ4n) is 2.38. The van der Waals surface area contributed by atoms with Gasteiger partial charge in [0.25, 0.3) is 0 Å². The maximum Gasteiger partial charge on any atom is 0.227 e. The summed E-state index contributed by atoms with van der Waals surface area (Å²) in [6.07, 6.45) is 2.50. The number of carbonyl (C=O) groups excluding carboxylic acids is 1. The minimum Gasteiger partial charge on any atom is -0.497 e. The molecule has 0 spiro atoms. The fraction of sp³-hybridized carbons (Fsp3) is 0.500. The molecule has 1 aliphatic rings. The number of hydrogen-bond donors (Lipinski definition) is 0. The van der Waals surface area contributed by atoms with Crippen LogP contribution in [0.3, 0.4) is 0 Å². The first kappa shape index (κ1) is 12.0. The third-order valence-electron chi connectivity index (χ3n) is 3.17. The first-order valence-corrected chi connectivity index (χ1v) is 6.12. The minimum atomic E-state index is 0.202. The Bertz CT molecular complexity index is 426. The number of nitrogens with zero attached hydrogens (tertiary/aromatic N) is 1. The lowest BCUT2D eigenvalue weighted by Crippen LogP contribution is -2.36. The lowest BCUT2D eigenvalue weighted by atomic mass is 10.1. The molecule has 0 bridgehead atoms. The number of anilines is 1. The van der Waals surface area contributed by atoms with E-state index < -0.39 is 0 Å². The molecule has 0 N–H and O–H groups in total. The molecule has 1 aromatic carbocycles. The standard InChI is InChI=1S/C14H19NO2/c1-10(2)15-13-8-7-12(17-3)9-11(13)5-4-6-14(15)16/h7-10H,4-6H2,1-3H3. The largest absolute Gasteiger partial charge is 0.497 e. The summed E-state index contributed by atoms with van der Waals surface area (Å²) in [6, 6.07) is 6.17. The molecule has 1 aliphatic heterocycles. The Morgan fingerprint density at radius 3 is 2.71 bits per heavy atom. The van der Waals surface area contributed by atoms with E-state index in [4.69, 9.17) is 4.74 Å². The summed E-state index contributed by atoms with van der Waals surface area (Å²) >= 11 is 0. The molecule has 0 aliphatic carbocycles. The molecule has 0 aromatic heterocycles. The van der Waals surface area contributed by atoms with Gasteiger partial charge < -0.3 is 9.64 Å². The van der Waals surface area contributed by atoms with Crippen LogP contribution in [-0.4, -0.2) is 19.1 Å². The van der Waals surface area contributed by atoms with Crippen molar-refractivity contribution >= 4 is 11.6 Å². The molecular weight excluding hydrogens is 214 g/mol. The van der Waals surface area contributed by atoms with Crippen LogP contribution in [-0.2, 0) is 11.2 Å². The summed E-state index contributed by atoms with van der Waals surface area (Å²) in [6.45, 7) is 4.11. The van der Waals surface area contributed by atoms with Gasteiger partial charge in [0.15, 0.2) is 0 Å².